The van der Waals surface area contributed by atoms with Crippen LogP contribution in [0.2, 0.25) is 0 Å². The van der Waals surface area contributed by atoms with Crippen LogP contribution in [0.15, 0.2) is 67.1 Å². The van der Waals surface area contributed by atoms with Gasteiger partial charge in [0.1, 0.15) is 18.5 Å². The van der Waals surface area contributed by atoms with E-state index in [4.69, 9.17) is 4.74 Å². The molecule has 7 nitrogen and oxygen atoms in total. The Morgan fingerprint density at radius 3 is 2.64 bits per heavy atom. The Balaban J connectivity index is 1.66. The first-order valence-electron chi connectivity index (χ1n) is 12.3. The number of hydrogen-bond acceptors (Lipinski definition) is 5. The number of carbonyl (C=O) groups excluding carboxylic acids is 2. The molecule has 0 radical (unpaired) electrons. The molecule has 2 aromatic carbocycles. The Morgan fingerprint density at radius 1 is 1.11 bits per heavy atom. The van der Waals surface area contributed by atoms with Crippen molar-refractivity contribution < 1.29 is 18.7 Å². The quantitative estimate of drug-likeness (QED) is 0.472. The molecule has 4 rings (SSSR count). The third-order valence-corrected chi connectivity index (χ3v) is 6.39. The van der Waals surface area contributed by atoms with Gasteiger partial charge in [-0.2, -0.15) is 0 Å². The van der Waals surface area contributed by atoms with Crippen LogP contribution in [0.4, 0.5) is 10.1 Å². The fourth-order valence-electron chi connectivity index (χ4n) is 4.60. The van der Waals surface area contributed by atoms with Crippen LogP contribution in [0.1, 0.15) is 55.0 Å². The van der Waals surface area contributed by atoms with Crippen LogP contribution in [0, 0.1) is 12.7 Å². The van der Waals surface area contributed by atoms with Gasteiger partial charge in [0.15, 0.2) is 0 Å². The Morgan fingerprint density at radius 2 is 1.92 bits per heavy atom. The summed E-state index contributed by atoms with van der Waals surface area (Å²) in [6, 6.07) is 12.2. The van der Waals surface area contributed by atoms with Crippen LogP contribution >= 0.6 is 0 Å². The maximum Gasteiger partial charge on any atom is 0.254 e. The van der Waals surface area contributed by atoms with Crippen LogP contribution in [-0.4, -0.2) is 34.4 Å². The van der Waals surface area contributed by atoms with Crippen molar-refractivity contribution >= 4 is 17.5 Å². The molecule has 1 aliphatic carbocycles. The van der Waals surface area contributed by atoms with Crippen LogP contribution in [0.5, 0.6) is 0 Å². The monoisotopic (exact) mass is 490 g/mol. The summed E-state index contributed by atoms with van der Waals surface area (Å²) in [6.45, 7) is 1.67. The summed E-state index contributed by atoms with van der Waals surface area (Å²) in [5, 5.41) is 3.16. The first-order valence-corrected chi connectivity index (χ1v) is 12.3. The Bertz CT molecular complexity index is 1170. The molecule has 188 valence electrons. The molecule has 1 fully saturated rings. The van der Waals surface area contributed by atoms with Gasteiger partial charge in [0.25, 0.3) is 5.91 Å². The lowest BCUT2D eigenvalue weighted by Crippen LogP contribution is -2.48. The summed E-state index contributed by atoms with van der Waals surface area (Å²) < 4.78 is 19.9. The zero-order chi connectivity index (χ0) is 25.3. The van der Waals surface area contributed by atoms with Crippen molar-refractivity contribution in [3.8, 4) is 0 Å². The number of ether oxygens (including phenoxy) is 1. The normalized spacial score (nSPS) is 14.7. The molecule has 3 aromatic rings. The van der Waals surface area contributed by atoms with Gasteiger partial charge in [0.2, 0.25) is 5.91 Å². The number of nitrogens with one attached hydrogen (secondary N) is 1. The third kappa shape index (κ3) is 6.51. The summed E-state index contributed by atoms with van der Waals surface area (Å²) in [5.74, 6) is -1.25. The highest BCUT2D eigenvalue weighted by atomic mass is 19.1. The van der Waals surface area contributed by atoms with E-state index in [1.54, 1.807) is 24.7 Å². The van der Waals surface area contributed by atoms with E-state index in [0.29, 0.717) is 11.3 Å². The number of anilines is 1. The molecule has 1 aromatic heterocycles. The number of amides is 2. The van der Waals surface area contributed by atoms with Crippen LogP contribution in [-0.2, 0) is 20.9 Å². The number of hydrogen-bond donors (Lipinski definition) is 1. The minimum atomic E-state index is -0.984. The van der Waals surface area contributed by atoms with E-state index in [1.807, 2.05) is 31.2 Å². The van der Waals surface area contributed by atoms with Gasteiger partial charge in [-0.15, -0.1) is 0 Å². The Labute approximate surface area is 210 Å². The fourth-order valence-corrected chi connectivity index (χ4v) is 4.60. The van der Waals surface area contributed by atoms with Crippen molar-refractivity contribution in [2.75, 3.05) is 11.5 Å². The topological polar surface area (TPSA) is 84.4 Å². The maximum absolute atomic E-state index is 14.3. The lowest BCUT2D eigenvalue weighted by Gasteiger charge is -2.34. The second-order valence-corrected chi connectivity index (χ2v) is 9.04. The predicted octanol–water partition coefficient (Wildman–Crippen LogP) is 4.66. The first-order chi connectivity index (χ1) is 17.5. The predicted molar refractivity (Wildman–Crippen MR) is 135 cm³/mol. The Hall–Kier alpha value is -3.65. The lowest BCUT2D eigenvalue weighted by molar-refractivity contribution is -0.129. The minimum Gasteiger partial charge on any atom is -0.365 e. The van der Waals surface area contributed by atoms with Crippen LogP contribution < -0.4 is 10.2 Å². The van der Waals surface area contributed by atoms with Crippen molar-refractivity contribution in [1.82, 2.24) is 15.3 Å². The lowest BCUT2D eigenvalue weighted by atomic mass is 9.93. The fraction of sp³-hybridized carbons (Fsp3) is 0.357. The minimum absolute atomic E-state index is 0.0511. The summed E-state index contributed by atoms with van der Waals surface area (Å²) >= 11 is 0. The van der Waals surface area contributed by atoms with Crippen molar-refractivity contribution in [3.63, 3.8) is 0 Å². The molecule has 0 aliphatic heterocycles. The molecule has 2 amide bonds. The van der Waals surface area contributed by atoms with Gasteiger partial charge in [-0.1, -0.05) is 49.6 Å². The highest BCUT2D eigenvalue weighted by Crippen LogP contribution is 2.31. The second kappa shape index (κ2) is 12.4. The SMILES string of the molecule is Cc1ccccc1C(C(=O)NC1CCCCC1)N(C(=O)COCc1cnccn1)c1cccc(F)c1. The van der Waals surface area contributed by atoms with Crippen LogP contribution in [0.25, 0.3) is 0 Å². The third-order valence-electron chi connectivity index (χ3n) is 6.39. The number of carbonyl (C=O) groups is 2. The van der Waals surface area contributed by atoms with E-state index in [9.17, 15) is 14.0 Å². The van der Waals surface area contributed by atoms with Crippen molar-refractivity contribution in [3.05, 3.63) is 89.8 Å². The van der Waals surface area contributed by atoms with Gasteiger partial charge in [0, 0.05) is 24.1 Å². The van der Waals surface area contributed by atoms with E-state index in [-0.39, 0.29) is 30.9 Å². The standard InChI is InChI=1S/C28H31FN4O3/c1-20-8-5-6-13-25(20)27(28(35)32-22-10-3-2-4-11-22)33(24-12-7-9-21(29)16-24)26(34)19-36-18-23-17-30-14-15-31-23/h5-9,12-17,22,27H,2-4,10-11,18-19H2,1H3,(H,32,35). The molecule has 0 saturated heterocycles. The van der Waals surface area contributed by atoms with E-state index in [1.165, 1.54) is 23.1 Å². The number of aryl methyl sites for hydroxylation is 1. The van der Waals surface area contributed by atoms with Crippen molar-refractivity contribution in [2.45, 2.75) is 57.7 Å². The van der Waals surface area contributed by atoms with Gasteiger partial charge in [0.05, 0.1) is 18.5 Å². The molecule has 1 aliphatic rings. The summed E-state index contributed by atoms with van der Waals surface area (Å²) in [6.07, 6.45) is 9.74. The molecule has 0 spiro atoms. The van der Waals surface area contributed by atoms with Gasteiger partial charge in [-0.25, -0.2) is 4.39 Å². The number of halogens is 1. The van der Waals surface area contributed by atoms with Gasteiger partial charge < -0.3 is 10.1 Å². The summed E-state index contributed by atoms with van der Waals surface area (Å²) in [5.41, 5.74) is 2.40. The zero-order valence-corrected chi connectivity index (χ0v) is 20.4. The first kappa shape index (κ1) is 25.4. The highest BCUT2D eigenvalue weighted by molar-refractivity contribution is 6.02. The summed E-state index contributed by atoms with van der Waals surface area (Å²) in [7, 11) is 0. The molecule has 1 unspecified atom stereocenters. The molecule has 36 heavy (non-hydrogen) atoms. The van der Waals surface area contributed by atoms with E-state index in [2.05, 4.69) is 15.3 Å². The number of nitrogens with zero attached hydrogens (tertiary/aromatic N) is 3. The summed E-state index contributed by atoms with van der Waals surface area (Å²) in [4.78, 5) is 36.9. The molecule has 1 atom stereocenters. The molecule has 1 saturated carbocycles. The second-order valence-electron chi connectivity index (χ2n) is 9.04. The average Bonchev–Trinajstić information content (AvgIpc) is 2.89. The van der Waals surface area contributed by atoms with E-state index >= 15 is 0 Å². The molecular weight excluding hydrogens is 459 g/mol. The number of rotatable bonds is 9. The molecule has 8 heteroatoms. The van der Waals surface area contributed by atoms with Crippen LogP contribution in [0.3, 0.4) is 0 Å². The highest BCUT2D eigenvalue weighted by Gasteiger charge is 2.35. The largest absolute Gasteiger partial charge is 0.365 e. The maximum atomic E-state index is 14.3. The molecule has 1 N–H and O–H groups in total. The number of benzene rings is 2. The van der Waals surface area contributed by atoms with Crippen molar-refractivity contribution in [1.29, 1.82) is 0 Å². The average molecular weight is 491 g/mol. The van der Waals surface area contributed by atoms with E-state index in [0.717, 1.165) is 37.7 Å². The van der Waals surface area contributed by atoms with E-state index < -0.39 is 17.8 Å². The molecule has 0 bridgehead atoms. The molecule has 1 heterocycles. The van der Waals surface area contributed by atoms with Gasteiger partial charge >= 0.3 is 0 Å². The molecular formula is C28H31FN4O3. The number of aromatic nitrogens is 2. The van der Waals surface area contributed by atoms with Gasteiger partial charge in [-0.05, 0) is 49.1 Å². The zero-order valence-electron chi connectivity index (χ0n) is 20.4. The Kier molecular flexibility index (Phi) is 8.73. The smallest absolute Gasteiger partial charge is 0.254 e. The van der Waals surface area contributed by atoms with Gasteiger partial charge in [-0.3, -0.25) is 24.5 Å². The van der Waals surface area contributed by atoms with Crippen molar-refractivity contribution in [2.24, 2.45) is 0 Å².